The summed E-state index contributed by atoms with van der Waals surface area (Å²) in [5.74, 6) is 0.270. The number of aromatic nitrogens is 1. The van der Waals surface area contributed by atoms with Crippen LogP contribution in [0.3, 0.4) is 0 Å². The van der Waals surface area contributed by atoms with Gasteiger partial charge in [-0.3, -0.25) is 4.79 Å². The van der Waals surface area contributed by atoms with Crippen LogP contribution in [0.1, 0.15) is 5.69 Å². The monoisotopic (exact) mass is 195 g/mol. The van der Waals surface area contributed by atoms with Crippen LogP contribution in [0.2, 0.25) is 5.02 Å². The van der Waals surface area contributed by atoms with E-state index < -0.39 is 0 Å². The molecule has 1 amide bonds. The minimum absolute atomic E-state index is 0.242. The zero-order chi connectivity index (χ0) is 9.68. The molecule has 0 unspecified atom stereocenters. The third kappa shape index (κ3) is 2.42. The summed E-state index contributed by atoms with van der Waals surface area (Å²) in [5, 5.41) is 2.87. The molecular weight excluding hydrogens is 190 g/mol. The quantitative estimate of drug-likeness (QED) is 0.587. The Bertz CT molecular complexity index is 359. The Hall–Kier alpha value is -1.60. The number of pyridine rings is 1. The highest BCUT2D eigenvalue weighted by Gasteiger charge is 2.06. The van der Waals surface area contributed by atoms with Crippen molar-refractivity contribution in [1.29, 1.82) is 0 Å². The second-order valence-corrected chi connectivity index (χ2v) is 2.62. The topological polar surface area (TPSA) is 46.4 Å². The van der Waals surface area contributed by atoms with E-state index in [0.717, 1.165) is 0 Å². The predicted molar refractivity (Wildman–Crippen MR) is 48.4 cm³/mol. The van der Waals surface area contributed by atoms with Crippen molar-refractivity contribution in [2.24, 2.45) is 0 Å². The molecular formula is C8H6ClN3O. The zero-order valence-electron chi connectivity index (χ0n) is 6.62. The Balaban J connectivity index is 2.91. The molecule has 0 aliphatic rings. The first kappa shape index (κ1) is 9.49. The Morgan fingerprint density at radius 2 is 2.46 bits per heavy atom. The summed E-state index contributed by atoms with van der Waals surface area (Å²) in [6, 6.07) is 3.11. The molecule has 0 saturated heterocycles. The van der Waals surface area contributed by atoms with Crippen LogP contribution >= 0.6 is 11.6 Å². The van der Waals surface area contributed by atoms with Gasteiger partial charge in [0, 0.05) is 0 Å². The Labute approximate surface area is 80.4 Å². The molecule has 0 fully saturated rings. The highest BCUT2D eigenvalue weighted by molar-refractivity contribution is 6.31. The Morgan fingerprint density at radius 1 is 1.69 bits per heavy atom. The van der Waals surface area contributed by atoms with Crippen molar-refractivity contribution in [3.8, 4) is 0 Å². The average molecular weight is 196 g/mol. The largest absolute Gasteiger partial charge is 0.361 e. The SMILES string of the molecule is [C-]#[N+]c1ccc(Cl)c(CNC=O)n1. The third-order valence-corrected chi connectivity index (χ3v) is 1.72. The van der Waals surface area contributed by atoms with Gasteiger partial charge in [-0.05, 0) is 12.1 Å². The first-order chi connectivity index (χ1) is 6.27. The van der Waals surface area contributed by atoms with Crippen LogP contribution in [0.25, 0.3) is 4.85 Å². The van der Waals surface area contributed by atoms with Gasteiger partial charge in [0.15, 0.2) is 5.69 Å². The number of halogens is 1. The first-order valence-electron chi connectivity index (χ1n) is 3.48. The minimum Gasteiger partial charge on any atom is -0.361 e. The van der Waals surface area contributed by atoms with Crippen LogP contribution in [0.15, 0.2) is 12.1 Å². The number of carbonyl (C=O) groups excluding carboxylic acids is 1. The average Bonchev–Trinajstić information content (AvgIpc) is 2.17. The second-order valence-electron chi connectivity index (χ2n) is 2.21. The van der Waals surface area contributed by atoms with Crippen molar-refractivity contribution < 1.29 is 4.79 Å². The van der Waals surface area contributed by atoms with Crippen LogP contribution in [0.4, 0.5) is 5.82 Å². The number of hydrogen-bond acceptors (Lipinski definition) is 2. The molecule has 4 nitrogen and oxygen atoms in total. The fourth-order valence-corrected chi connectivity index (χ4v) is 0.969. The summed E-state index contributed by atoms with van der Waals surface area (Å²) < 4.78 is 0. The van der Waals surface area contributed by atoms with E-state index in [2.05, 4.69) is 15.1 Å². The van der Waals surface area contributed by atoms with E-state index in [1.165, 1.54) is 6.07 Å². The van der Waals surface area contributed by atoms with Crippen LogP contribution in [0, 0.1) is 6.57 Å². The lowest BCUT2D eigenvalue weighted by Gasteiger charge is -1.98. The minimum atomic E-state index is 0.242. The standard InChI is InChI=1S/C8H6ClN3O/c1-10-8-3-2-6(9)7(12-8)4-11-5-13/h2-3,5H,4H2,(H,11,13). The molecule has 0 aromatic carbocycles. The normalized spacial score (nSPS) is 8.92. The van der Waals surface area contributed by atoms with Crippen molar-refractivity contribution in [1.82, 2.24) is 10.3 Å². The summed E-state index contributed by atoms with van der Waals surface area (Å²) in [6.45, 7) is 6.96. The number of nitrogens with zero attached hydrogens (tertiary/aromatic N) is 2. The van der Waals surface area contributed by atoms with Crippen molar-refractivity contribution in [2.45, 2.75) is 6.54 Å². The molecule has 5 heteroatoms. The maximum atomic E-state index is 10.0. The molecule has 1 rings (SSSR count). The molecule has 0 atom stereocenters. The van der Waals surface area contributed by atoms with Gasteiger partial charge in [-0.25, -0.2) is 0 Å². The Morgan fingerprint density at radius 3 is 3.08 bits per heavy atom. The maximum Gasteiger partial charge on any atom is 0.269 e. The van der Waals surface area contributed by atoms with E-state index >= 15 is 0 Å². The van der Waals surface area contributed by atoms with Crippen LogP contribution in [-0.2, 0) is 11.3 Å². The first-order valence-corrected chi connectivity index (χ1v) is 3.85. The number of rotatable bonds is 3. The molecule has 1 heterocycles. The summed E-state index contributed by atoms with van der Waals surface area (Å²) in [5.41, 5.74) is 0.502. The van der Waals surface area contributed by atoms with Crippen LogP contribution in [-0.4, -0.2) is 11.4 Å². The van der Waals surface area contributed by atoms with Gasteiger partial charge in [0.25, 0.3) is 5.82 Å². The second kappa shape index (κ2) is 4.43. The molecule has 1 N–H and O–H groups in total. The number of carbonyl (C=O) groups is 1. The van der Waals surface area contributed by atoms with Gasteiger partial charge in [-0.2, -0.15) is 0 Å². The fraction of sp³-hybridized carbons (Fsp3) is 0.125. The number of nitrogens with one attached hydrogen (secondary N) is 1. The van der Waals surface area contributed by atoms with Crippen molar-refractivity contribution in [2.75, 3.05) is 0 Å². The molecule has 1 aromatic rings. The van der Waals surface area contributed by atoms with Crippen molar-refractivity contribution in [3.63, 3.8) is 0 Å². The van der Waals surface area contributed by atoms with Crippen molar-refractivity contribution >= 4 is 23.8 Å². The van der Waals surface area contributed by atoms with Gasteiger partial charge < -0.3 is 10.2 Å². The third-order valence-electron chi connectivity index (χ3n) is 1.37. The molecule has 0 aliphatic carbocycles. The van der Waals surface area contributed by atoms with E-state index in [1.807, 2.05) is 0 Å². The van der Waals surface area contributed by atoms with E-state index in [-0.39, 0.29) is 12.4 Å². The summed E-state index contributed by atoms with van der Waals surface area (Å²) in [4.78, 5) is 17.1. The molecule has 66 valence electrons. The molecule has 0 saturated carbocycles. The lowest BCUT2D eigenvalue weighted by Crippen LogP contribution is -2.11. The van der Waals surface area contributed by atoms with Crippen molar-refractivity contribution in [3.05, 3.63) is 34.3 Å². The van der Waals surface area contributed by atoms with Gasteiger partial charge in [-0.15, -0.1) is 4.98 Å². The molecule has 0 bridgehead atoms. The van der Waals surface area contributed by atoms with E-state index in [0.29, 0.717) is 17.1 Å². The van der Waals surface area contributed by atoms with Gasteiger partial charge in [0.1, 0.15) is 0 Å². The molecule has 0 spiro atoms. The summed E-state index contributed by atoms with van der Waals surface area (Å²) in [6.07, 6.45) is 0.558. The highest BCUT2D eigenvalue weighted by atomic mass is 35.5. The van der Waals surface area contributed by atoms with Gasteiger partial charge >= 0.3 is 0 Å². The lowest BCUT2D eigenvalue weighted by atomic mass is 10.3. The van der Waals surface area contributed by atoms with E-state index in [4.69, 9.17) is 18.2 Å². The van der Waals surface area contributed by atoms with Gasteiger partial charge in [0.2, 0.25) is 6.41 Å². The molecule has 13 heavy (non-hydrogen) atoms. The van der Waals surface area contributed by atoms with Crippen LogP contribution in [0.5, 0.6) is 0 Å². The smallest absolute Gasteiger partial charge is 0.269 e. The lowest BCUT2D eigenvalue weighted by molar-refractivity contribution is -0.109. The number of hydrogen-bond donors (Lipinski definition) is 1. The highest BCUT2D eigenvalue weighted by Crippen LogP contribution is 2.17. The Kier molecular flexibility index (Phi) is 3.23. The van der Waals surface area contributed by atoms with Crippen LogP contribution < -0.4 is 5.32 Å². The zero-order valence-corrected chi connectivity index (χ0v) is 7.38. The molecule has 1 aromatic heterocycles. The summed E-state index contributed by atoms with van der Waals surface area (Å²) >= 11 is 5.77. The summed E-state index contributed by atoms with van der Waals surface area (Å²) in [7, 11) is 0. The number of amides is 1. The fourth-order valence-electron chi connectivity index (χ4n) is 0.797. The van der Waals surface area contributed by atoms with Gasteiger partial charge in [-0.1, -0.05) is 18.2 Å². The molecule has 0 aliphatic heterocycles. The predicted octanol–water partition coefficient (Wildman–Crippen LogP) is 1.53. The maximum absolute atomic E-state index is 10.0. The van der Waals surface area contributed by atoms with E-state index in [9.17, 15) is 4.79 Å². The van der Waals surface area contributed by atoms with E-state index in [1.54, 1.807) is 6.07 Å². The van der Waals surface area contributed by atoms with Gasteiger partial charge in [0.05, 0.1) is 11.6 Å². The molecule has 0 radical (unpaired) electrons.